The summed E-state index contributed by atoms with van der Waals surface area (Å²) in [5.41, 5.74) is 8.52. The number of hydrogen-bond donors (Lipinski definition) is 1. The number of aromatic nitrogens is 3. The summed E-state index contributed by atoms with van der Waals surface area (Å²) in [5.74, 6) is 2.63. The molecular formula is C13H14N4. The third-order valence-electron chi connectivity index (χ3n) is 2.56. The minimum absolute atomic E-state index is 0.707. The first kappa shape index (κ1) is 11.2. The Hall–Kier alpha value is -2.28. The highest BCUT2D eigenvalue weighted by molar-refractivity contribution is 5.72. The molecule has 0 bridgehead atoms. The zero-order valence-corrected chi connectivity index (χ0v) is 9.50. The largest absolute Gasteiger partial charge is 0.398 e. The van der Waals surface area contributed by atoms with Crippen LogP contribution in [0.3, 0.4) is 0 Å². The number of pyridine rings is 1. The van der Waals surface area contributed by atoms with Crippen molar-refractivity contribution in [2.24, 2.45) is 0 Å². The average molecular weight is 226 g/mol. The normalized spacial score (nSPS) is 10.1. The quantitative estimate of drug-likeness (QED) is 0.640. The molecule has 2 aromatic heterocycles. The Balaban J connectivity index is 2.25. The molecule has 0 aliphatic rings. The zero-order valence-electron chi connectivity index (χ0n) is 9.50. The van der Waals surface area contributed by atoms with Crippen molar-refractivity contribution in [3.63, 3.8) is 0 Å². The Morgan fingerprint density at radius 3 is 3.00 bits per heavy atom. The smallest absolute Gasteiger partial charge is 0.0950 e. The van der Waals surface area contributed by atoms with Crippen LogP contribution >= 0.6 is 0 Å². The van der Waals surface area contributed by atoms with Gasteiger partial charge in [-0.1, -0.05) is 0 Å². The van der Waals surface area contributed by atoms with Crippen LogP contribution in [0.5, 0.6) is 0 Å². The minimum Gasteiger partial charge on any atom is -0.398 e. The van der Waals surface area contributed by atoms with Crippen molar-refractivity contribution in [3.05, 3.63) is 31.0 Å². The molecule has 0 spiro atoms. The second-order valence-corrected chi connectivity index (χ2v) is 3.74. The Morgan fingerprint density at radius 1 is 1.35 bits per heavy atom. The third kappa shape index (κ3) is 2.45. The van der Waals surface area contributed by atoms with Crippen molar-refractivity contribution < 1.29 is 0 Å². The van der Waals surface area contributed by atoms with Gasteiger partial charge in [-0.25, -0.2) is 4.98 Å². The number of nitrogens with zero attached hydrogens (tertiary/aromatic N) is 3. The van der Waals surface area contributed by atoms with E-state index in [1.165, 1.54) is 0 Å². The maximum Gasteiger partial charge on any atom is 0.0950 e. The van der Waals surface area contributed by atoms with Gasteiger partial charge in [0, 0.05) is 36.6 Å². The number of terminal acetylenes is 1. The lowest BCUT2D eigenvalue weighted by molar-refractivity contribution is 0.660. The lowest BCUT2D eigenvalue weighted by atomic mass is 10.2. The third-order valence-corrected chi connectivity index (χ3v) is 2.56. The molecule has 0 aliphatic heterocycles. The van der Waals surface area contributed by atoms with Crippen LogP contribution < -0.4 is 5.73 Å². The predicted octanol–water partition coefficient (Wildman–Crippen LogP) is 1.94. The van der Waals surface area contributed by atoms with Gasteiger partial charge in [-0.05, 0) is 12.5 Å². The van der Waals surface area contributed by atoms with Gasteiger partial charge in [0.15, 0.2) is 0 Å². The molecule has 0 fully saturated rings. The SMILES string of the molecule is C#CCCCn1cncc1-c1cnccc1N. The maximum atomic E-state index is 5.92. The molecule has 4 heteroatoms. The Morgan fingerprint density at radius 2 is 2.24 bits per heavy atom. The van der Waals surface area contributed by atoms with Gasteiger partial charge in [0.2, 0.25) is 0 Å². The van der Waals surface area contributed by atoms with Crippen LogP contribution in [0, 0.1) is 12.3 Å². The highest BCUT2D eigenvalue weighted by Gasteiger charge is 2.07. The standard InChI is InChI=1S/C13H14N4/c1-2-3-4-7-17-10-16-9-13(17)11-8-15-6-5-12(11)14/h1,5-6,8-10H,3-4,7H2,(H2,14,15). The van der Waals surface area contributed by atoms with Gasteiger partial charge >= 0.3 is 0 Å². The van der Waals surface area contributed by atoms with Crippen LogP contribution in [0.4, 0.5) is 5.69 Å². The number of anilines is 1. The molecule has 0 radical (unpaired) electrons. The minimum atomic E-state index is 0.707. The van der Waals surface area contributed by atoms with Crippen LogP contribution in [-0.4, -0.2) is 14.5 Å². The molecule has 4 nitrogen and oxygen atoms in total. The van der Waals surface area contributed by atoms with Crippen LogP contribution in [0.2, 0.25) is 0 Å². The summed E-state index contributed by atoms with van der Waals surface area (Å²) in [4.78, 5) is 8.23. The molecule has 2 N–H and O–H groups in total. The van der Waals surface area contributed by atoms with E-state index < -0.39 is 0 Å². The van der Waals surface area contributed by atoms with Gasteiger partial charge in [-0.3, -0.25) is 4.98 Å². The van der Waals surface area contributed by atoms with Crippen LogP contribution in [0.15, 0.2) is 31.0 Å². The van der Waals surface area contributed by atoms with E-state index in [2.05, 4.69) is 15.9 Å². The Labute approximate surface area is 101 Å². The lowest BCUT2D eigenvalue weighted by Gasteiger charge is -2.08. The summed E-state index contributed by atoms with van der Waals surface area (Å²) in [6, 6.07) is 1.79. The zero-order chi connectivity index (χ0) is 12.1. The van der Waals surface area contributed by atoms with E-state index in [1.807, 2.05) is 4.57 Å². The number of imidazole rings is 1. The maximum absolute atomic E-state index is 5.92. The van der Waals surface area contributed by atoms with Gasteiger partial charge in [-0.15, -0.1) is 12.3 Å². The first-order valence-corrected chi connectivity index (χ1v) is 5.46. The fourth-order valence-electron chi connectivity index (χ4n) is 1.69. The summed E-state index contributed by atoms with van der Waals surface area (Å²) in [6.45, 7) is 0.841. The second-order valence-electron chi connectivity index (χ2n) is 3.74. The predicted molar refractivity (Wildman–Crippen MR) is 67.9 cm³/mol. The fraction of sp³-hybridized carbons (Fsp3) is 0.231. The van der Waals surface area contributed by atoms with Gasteiger partial charge in [0.05, 0.1) is 18.2 Å². The van der Waals surface area contributed by atoms with Crippen molar-refractivity contribution >= 4 is 5.69 Å². The van der Waals surface area contributed by atoms with Crippen LogP contribution in [0.1, 0.15) is 12.8 Å². The molecule has 0 saturated carbocycles. The highest BCUT2D eigenvalue weighted by Crippen LogP contribution is 2.24. The molecule has 0 aliphatic carbocycles. The van der Waals surface area contributed by atoms with Gasteiger partial charge in [0.25, 0.3) is 0 Å². The average Bonchev–Trinajstić information content (AvgIpc) is 2.78. The van der Waals surface area contributed by atoms with E-state index in [0.717, 1.165) is 30.6 Å². The highest BCUT2D eigenvalue weighted by atomic mass is 15.0. The summed E-state index contributed by atoms with van der Waals surface area (Å²) in [7, 11) is 0. The van der Waals surface area contributed by atoms with Crippen LogP contribution in [0.25, 0.3) is 11.3 Å². The van der Waals surface area contributed by atoms with Crippen molar-refractivity contribution in [2.45, 2.75) is 19.4 Å². The van der Waals surface area contributed by atoms with Gasteiger partial charge in [-0.2, -0.15) is 0 Å². The van der Waals surface area contributed by atoms with E-state index >= 15 is 0 Å². The first-order valence-electron chi connectivity index (χ1n) is 5.46. The molecule has 0 aromatic carbocycles. The lowest BCUT2D eigenvalue weighted by Crippen LogP contribution is -2.00. The van der Waals surface area contributed by atoms with E-state index in [-0.39, 0.29) is 0 Å². The molecule has 86 valence electrons. The van der Waals surface area contributed by atoms with E-state index in [1.54, 1.807) is 31.0 Å². The van der Waals surface area contributed by atoms with Gasteiger partial charge in [0.1, 0.15) is 0 Å². The first-order chi connectivity index (χ1) is 8.33. The number of rotatable bonds is 4. The molecule has 0 amide bonds. The number of hydrogen-bond acceptors (Lipinski definition) is 3. The molecular weight excluding hydrogens is 212 g/mol. The fourth-order valence-corrected chi connectivity index (χ4v) is 1.69. The second kappa shape index (κ2) is 5.17. The molecule has 2 aromatic rings. The summed E-state index contributed by atoms with van der Waals surface area (Å²) >= 11 is 0. The van der Waals surface area contributed by atoms with Crippen molar-refractivity contribution in [1.29, 1.82) is 0 Å². The molecule has 0 saturated heterocycles. The Kier molecular flexibility index (Phi) is 3.41. The summed E-state index contributed by atoms with van der Waals surface area (Å²) < 4.78 is 2.05. The number of nitrogen functional groups attached to an aromatic ring is 1. The van der Waals surface area contributed by atoms with Crippen LogP contribution in [-0.2, 0) is 6.54 Å². The monoisotopic (exact) mass is 226 g/mol. The molecule has 2 rings (SSSR count). The van der Waals surface area contributed by atoms with E-state index in [9.17, 15) is 0 Å². The molecule has 2 heterocycles. The Bertz CT molecular complexity index is 536. The summed E-state index contributed by atoms with van der Waals surface area (Å²) in [6.07, 6.45) is 13.9. The van der Waals surface area contributed by atoms with Crippen molar-refractivity contribution in [2.75, 3.05) is 5.73 Å². The van der Waals surface area contributed by atoms with E-state index in [4.69, 9.17) is 12.2 Å². The molecule has 0 unspecified atom stereocenters. The van der Waals surface area contributed by atoms with E-state index in [0.29, 0.717) is 5.69 Å². The molecule has 0 atom stereocenters. The van der Waals surface area contributed by atoms with Gasteiger partial charge < -0.3 is 10.3 Å². The van der Waals surface area contributed by atoms with Crippen molar-refractivity contribution in [1.82, 2.24) is 14.5 Å². The topological polar surface area (TPSA) is 56.7 Å². The summed E-state index contributed by atoms with van der Waals surface area (Å²) in [5, 5.41) is 0. The number of unbranched alkanes of at least 4 members (excludes halogenated alkanes) is 1. The number of aryl methyl sites for hydroxylation is 1. The van der Waals surface area contributed by atoms with Crippen molar-refractivity contribution in [3.8, 4) is 23.6 Å². The number of nitrogens with two attached hydrogens (primary N) is 1. The molecule has 17 heavy (non-hydrogen) atoms.